The van der Waals surface area contributed by atoms with Gasteiger partial charge >= 0.3 is 5.97 Å². The molecule has 5 atom stereocenters. The molecule has 228 valence electrons. The lowest BCUT2D eigenvalue weighted by molar-refractivity contribution is -0.141. The van der Waals surface area contributed by atoms with Gasteiger partial charge in [0.1, 0.15) is 24.2 Å². The Morgan fingerprint density at radius 3 is 1.77 bits per heavy atom. The van der Waals surface area contributed by atoms with Crippen molar-refractivity contribution in [2.24, 2.45) is 33.7 Å². The van der Waals surface area contributed by atoms with Crippen molar-refractivity contribution in [1.82, 2.24) is 21.3 Å². The van der Waals surface area contributed by atoms with Gasteiger partial charge in [-0.05, 0) is 58.9 Å². The van der Waals surface area contributed by atoms with Crippen molar-refractivity contribution in [1.29, 1.82) is 0 Å². The molecule has 15 N–H and O–H groups in total. The number of hydrogen-bond acceptors (Lipinski definition) is 9. The van der Waals surface area contributed by atoms with Crippen molar-refractivity contribution in [3.63, 3.8) is 0 Å². The molecule has 0 aliphatic carbocycles. The van der Waals surface area contributed by atoms with Gasteiger partial charge in [-0.1, -0.05) is 0 Å². The topological polar surface area (TPSA) is 313 Å². The zero-order valence-electron chi connectivity index (χ0n) is 23.0. The third kappa shape index (κ3) is 15.4. The fraction of sp³-hybridized carbons (Fsp3) is 0.696. The summed E-state index contributed by atoms with van der Waals surface area (Å²) >= 11 is 0. The van der Waals surface area contributed by atoms with Crippen LogP contribution in [0.3, 0.4) is 0 Å². The summed E-state index contributed by atoms with van der Waals surface area (Å²) in [5.74, 6) is -4.88. The summed E-state index contributed by atoms with van der Waals surface area (Å²) < 4.78 is 0. The second kappa shape index (κ2) is 19.1. The molecule has 0 saturated heterocycles. The Hall–Kier alpha value is -3.99. The zero-order chi connectivity index (χ0) is 30.8. The minimum atomic E-state index is -1.26. The highest BCUT2D eigenvalue weighted by atomic mass is 16.4. The standard InChI is InChI=1S/C23H44N10O7/c1-12(18(35)31-13(2)22(39)40)30-20(37)16(7-5-11-29-23(27)28)33-21(38)15(6-3-4-10-24)32-19(36)14(25)8-9-17(26)34/h12-16H,3-11,24-25H2,1-2H3,(H2,26,34)(H,30,37)(H,31,35)(H,32,36)(H,33,38)(H,39,40)(H4,27,28,29). The predicted molar refractivity (Wildman–Crippen MR) is 146 cm³/mol. The highest BCUT2D eigenvalue weighted by Crippen LogP contribution is 2.06. The Balaban J connectivity index is 5.62. The Bertz CT molecular complexity index is 910. The molecule has 0 spiro atoms. The minimum absolute atomic E-state index is 0.0193. The zero-order valence-corrected chi connectivity index (χ0v) is 23.0. The number of aliphatic imine (C=N–C) groups is 1. The van der Waals surface area contributed by atoms with Crippen molar-refractivity contribution in [2.45, 2.75) is 89.0 Å². The van der Waals surface area contributed by atoms with Crippen LogP contribution in [0.15, 0.2) is 4.99 Å². The maximum atomic E-state index is 13.2. The van der Waals surface area contributed by atoms with Crippen LogP contribution in [0.1, 0.15) is 58.8 Å². The normalized spacial score (nSPS) is 14.4. The predicted octanol–water partition coefficient (Wildman–Crippen LogP) is -4.17. The van der Waals surface area contributed by atoms with E-state index in [1.54, 1.807) is 0 Å². The van der Waals surface area contributed by atoms with Crippen LogP contribution in [0.4, 0.5) is 0 Å². The molecule has 0 radical (unpaired) electrons. The number of carboxylic acids is 1. The Morgan fingerprint density at radius 1 is 0.725 bits per heavy atom. The number of primary amides is 1. The average Bonchev–Trinajstić information content (AvgIpc) is 2.87. The molecular formula is C23H44N10O7. The second-order valence-electron chi connectivity index (χ2n) is 9.27. The molecule has 0 rings (SSSR count). The van der Waals surface area contributed by atoms with Crippen LogP contribution < -0.4 is 49.9 Å². The average molecular weight is 573 g/mol. The van der Waals surface area contributed by atoms with Crippen LogP contribution in [0.5, 0.6) is 0 Å². The third-order valence-corrected chi connectivity index (χ3v) is 5.68. The molecule has 0 aliphatic rings. The van der Waals surface area contributed by atoms with Gasteiger partial charge in [0.15, 0.2) is 5.96 Å². The van der Waals surface area contributed by atoms with Gasteiger partial charge in [0.2, 0.25) is 29.5 Å². The van der Waals surface area contributed by atoms with E-state index in [-0.39, 0.29) is 44.6 Å². The van der Waals surface area contributed by atoms with Crippen molar-refractivity contribution < 1.29 is 33.9 Å². The lowest BCUT2D eigenvalue weighted by Gasteiger charge is -2.25. The number of amides is 5. The highest BCUT2D eigenvalue weighted by molar-refractivity contribution is 5.95. The van der Waals surface area contributed by atoms with Crippen molar-refractivity contribution >= 4 is 41.5 Å². The molecule has 5 amide bonds. The van der Waals surface area contributed by atoms with Gasteiger partial charge < -0.3 is 55.0 Å². The van der Waals surface area contributed by atoms with Gasteiger partial charge in [0, 0.05) is 13.0 Å². The van der Waals surface area contributed by atoms with Crippen LogP contribution in [0, 0.1) is 0 Å². The number of nitrogens with one attached hydrogen (secondary N) is 4. The van der Waals surface area contributed by atoms with Crippen molar-refractivity contribution in [2.75, 3.05) is 13.1 Å². The van der Waals surface area contributed by atoms with E-state index in [0.29, 0.717) is 19.4 Å². The summed E-state index contributed by atoms with van der Waals surface area (Å²) in [4.78, 5) is 76.9. The van der Waals surface area contributed by atoms with Crippen LogP contribution in [-0.4, -0.2) is 89.9 Å². The largest absolute Gasteiger partial charge is 0.480 e. The molecular weight excluding hydrogens is 528 g/mol. The fourth-order valence-corrected chi connectivity index (χ4v) is 3.29. The Labute approximate surface area is 232 Å². The molecule has 17 nitrogen and oxygen atoms in total. The number of carbonyl (C=O) groups is 6. The van der Waals surface area contributed by atoms with Gasteiger partial charge in [0.05, 0.1) is 6.04 Å². The Kier molecular flexibility index (Phi) is 17.2. The third-order valence-electron chi connectivity index (χ3n) is 5.68. The molecule has 0 aromatic rings. The summed E-state index contributed by atoms with van der Waals surface area (Å²) in [6, 6.07) is -5.65. The first-order valence-electron chi connectivity index (χ1n) is 12.9. The van der Waals surface area contributed by atoms with E-state index < -0.39 is 65.7 Å². The van der Waals surface area contributed by atoms with E-state index in [2.05, 4.69) is 26.3 Å². The van der Waals surface area contributed by atoms with Gasteiger partial charge in [-0.3, -0.25) is 33.8 Å². The number of carbonyl (C=O) groups excluding carboxylic acids is 5. The molecule has 0 aromatic heterocycles. The number of rotatable bonds is 20. The number of unbranched alkanes of at least 4 members (excludes halogenated alkanes) is 1. The number of nitrogens with zero attached hydrogens (tertiary/aromatic N) is 1. The van der Waals surface area contributed by atoms with Gasteiger partial charge in [-0.15, -0.1) is 0 Å². The summed E-state index contributed by atoms with van der Waals surface area (Å²) in [6.07, 6.45) is 1.43. The first-order chi connectivity index (χ1) is 18.7. The molecule has 0 fully saturated rings. The second-order valence-corrected chi connectivity index (χ2v) is 9.27. The molecule has 0 heterocycles. The van der Waals surface area contributed by atoms with E-state index in [4.69, 9.17) is 33.8 Å². The fourth-order valence-electron chi connectivity index (χ4n) is 3.29. The lowest BCUT2D eigenvalue weighted by atomic mass is 10.0. The SMILES string of the molecule is CC(NC(=O)C(C)NC(=O)C(CCCN=C(N)N)NC(=O)C(CCCCN)NC(=O)C(N)CCC(N)=O)C(=O)O. The van der Waals surface area contributed by atoms with E-state index in [0.717, 1.165) is 0 Å². The van der Waals surface area contributed by atoms with Crippen molar-refractivity contribution in [3.8, 4) is 0 Å². The van der Waals surface area contributed by atoms with Crippen LogP contribution in [-0.2, 0) is 28.8 Å². The van der Waals surface area contributed by atoms with Gasteiger partial charge in [-0.2, -0.15) is 0 Å². The molecule has 0 aliphatic heterocycles. The summed E-state index contributed by atoms with van der Waals surface area (Å²) in [5, 5.41) is 18.8. The first kappa shape index (κ1) is 36.0. The minimum Gasteiger partial charge on any atom is -0.480 e. The molecule has 5 unspecified atom stereocenters. The number of carboxylic acid groups (broad SMARTS) is 1. The highest BCUT2D eigenvalue weighted by Gasteiger charge is 2.29. The number of aliphatic carboxylic acids is 1. The van der Waals surface area contributed by atoms with Gasteiger partial charge in [0.25, 0.3) is 0 Å². The maximum absolute atomic E-state index is 13.2. The van der Waals surface area contributed by atoms with E-state index in [9.17, 15) is 28.8 Å². The lowest BCUT2D eigenvalue weighted by Crippen LogP contribution is -2.57. The molecule has 17 heteroatoms. The molecule has 0 aromatic carbocycles. The number of guanidine groups is 1. The van der Waals surface area contributed by atoms with Crippen molar-refractivity contribution in [3.05, 3.63) is 0 Å². The van der Waals surface area contributed by atoms with E-state index in [1.807, 2.05) is 0 Å². The van der Waals surface area contributed by atoms with Crippen LogP contribution in [0.25, 0.3) is 0 Å². The van der Waals surface area contributed by atoms with Gasteiger partial charge in [-0.25, -0.2) is 0 Å². The first-order valence-corrected chi connectivity index (χ1v) is 12.9. The molecule has 0 bridgehead atoms. The van der Waals surface area contributed by atoms with Crippen LogP contribution >= 0.6 is 0 Å². The summed E-state index contributed by atoms with van der Waals surface area (Å²) in [5.41, 5.74) is 27.1. The number of nitrogens with two attached hydrogens (primary N) is 5. The van der Waals surface area contributed by atoms with E-state index >= 15 is 0 Å². The molecule has 0 saturated carbocycles. The van der Waals surface area contributed by atoms with E-state index in [1.165, 1.54) is 13.8 Å². The monoisotopic (exact) mass is 572 g/mol. The van der Waals surface area contributed by atoms with Crippen LogP contribution in [0.2, 0.25) is 0 Å². The smallest absolute Gasteiger partial charge is 0.325 e. The Morgan fingerprint density at radius 2 is 1.25 bits per heavy atom. The quantitative estimate of drug-likeness (QED) is 0.0379. The molecule has 40 heavy (non-hydrogen) atoms. The maximum Gasteiger partial charge on any atom is 0.325 e. The summed E-state index contributed by atoms with van der Waals surface area (Å²) in [7, 11) is 0. The number of hydrogen-bond donors (Lipinski definition) is 10. The summed E-state index contributed by atoms with van der Waals surface area (Å²) in [6.45, 7) is 3.12.